The van der Waals surface area contributed by atoms with Crippen LogP contribution >= 0.6 is 0 Å². The molecule has 0 amide bonds. The number of halogens is 1. The van der Waals surface area contributed by atoms with E-state index in [2.05, 4.69) is 4.90 Å². The number of benzene rings is 1. The molecule has 3 N–H and O–H groups in total. The van der Waals surface area contributed by atoms with Gasteiger partial charge in [0, 0.05) is 12.1 Å². The molecule has 142 valence electrons. The van der Waals surface area contributed by atoms with Crippen molar-refractivity contribution in [1.29, 1.82) is 0 Å². The summed E-state index contributed by atoms with van der Waals surface area (Å²) in [6.07, 6.45) is 5.37. The van der Waals surface area contributed by atoms with E-state index in [0.29, 0.717) is 31.4 Å². The molecule has 0 bridgehead atoms. The summed E-state index contributed by atoms with van der Waals surface area (Å²) in [7, 11) is -1.37. The van der Waals surface area contributed by atoms with E-state index in [-0.39, 0.29) is 18.1 Å². The maximum Gasteiger partial charge on any atom is 0.451 e. The van der Waals surface area contributed by atoms with Crippen molar-refractivity contribution in [2.75, 3.05) is 13.1 Å². The lowest BCUT2D eigenvalue weighted by molar-refractivity contribution is -0.139. The van der Waals surface area contributed by atoms with Gasteiger partial charge in [0.25, 0.3) is 0 Å². The second-order valence-corrected chi connectivity index (χ2v) is 7.67. The summed E-state index contributed by atoms with van der Waals surface area (Å²) < 4.78 is 14.6. The van der Waals surface area contributed by atoms with E-state index in [0.717, 1.165) is 37.1 Å². The normalized spacial score (nSPS) is 23.0. The molecular weight excluding hydrogens is 336 g/mol. The number of rotatable bonds is 7. The number of aliphatic carboxylic acids is 1. The van der Waals surface area contributed by atoms with E-state index in [9.17, 15) is 14.3 Å². The fraction of sp³-hybridized carbons (Fsp3) is 0.632. The molecule has 0 aromatic heterocycles. The van der Waals surface area contributed by atoms with Gasteiger partial charge in [-0.25, -0.2) is 4.39 Å². The second kappa shape index (κ2) is 8.50. The molecule has 0 saturated carbocycles. The standard InChI is InChI=1S/C19H27BFNO4/c21-17-11-14-9-13(5-4-6-20(25)26)18(19(23)24)16(14)10-15(17)12-22-7-2-1-3-8-22/h10-11,13,18,25-26H,1-9,12H2,(H,23,24)/t13-,18-/m0/s1. The van der Waals surface area contributed by atoms with Gasteiger partial charge < -0.3 is 15.2 Å². The molecule has 1 aliphatic carbocycles. The molecule has 1 aromatic rings. The number of hydrogen-bond acceptors (Lipinski definition) is 4. The van der Waals surface area contributed by atoms with Crippen LogP contribution in [0.5, 0.6) is 0 Å². The van der Waals surface area contributed by atoms with Gasteiger partial charge in [0.2, 0.25) is 0 Å². The summed E-state index contributed by atoms with van der Waals surface area (Å²) in [6, 6.07) is 3.28. The summed E-state index contributed by atoms with van der Waals surface area (Å²) in [5.41, 5.74) is 2.11. The Bertz CT molecular complexity index is 649. The van der Waals surface area contributed by atoms with Crippen molar-refractivity contribution in [3.63, 3.8) is 0 Å². The van der Waals surface area contributed by atoms with E-state index in [1.165, 1.54) is 12.5 Å². The number of hydrogen-bond donors (Lipinski definition) is 3. The van der Waals surface area contributed by atoms with Gasteiger partial charge in [-0.2, -0.15) is 0 Å². The predicted octanol–water partition coefficient (Wildman–Crippen LogP) is 2.41. The van der Waals surface area contributed by atoms with Crippen molar-refractivity contribution in [2.24, 2.45) is 5.92 Å². The molecule has 0 spiro atoms. The van der Waals surface area contributed by atoms with Gasteiger partial charge >= 0.3 is 13.1 Å². The number of likely N-dealkylation sites (tertiary alicyclic amines) is 1. The van der Waals surface area contributed by atoms with E-state index >= 15 is 0 Å². The molecule has 1 fully saturated rings. The van der Waals surface area contributed by atoms with Crippen molar-refractivity contribution in [2.45, 2.75) is 57.3 Å². The zero-order valence-electron chi connectivity index (χ0n) is 15.0. The van der Waals surface area contributed by atoms with E-state index < -0.39 is 19.0 Å². The van der Waals surface area contributed by atoms with Crippen molar-refractivity contribution >= 4 is 13.1 Å². The summed E-state index contributed by atoms with van der Waals surface area (Å²) in [5.74, 6) is -1.88. The third-order valence-corrected chi connectivity index (χ3v) is 5.74. The minimum absolute atomic E-state index is 0.120. The van der Waals surface area contributed by atoms with Crippen LogP contribution in [0.4, 0.5) is 4.39 Å². The van der Waals surface area contributed by atoms with Crippen LogP contribution in [0, 0.1) is 11.7 Å². The van der Waals surface area contributed by atoms with Crippen LogP contribution < -0.4 is 0 Å². The van der Waals surface area contributed by atoms with Crippen LogP contribution in [-0.2, 0) is 17.8 Å². The Labute approximate surface area is 154 Å². The van der Waals surface area contributed by atoms with Gasteiger partial charge in [-0.15, -0.1) is 0 Å². The zero-order valence-corrected chi connectivity index (χ0v) is 15.0. The maximum absolute atomic E-state index is 14.6. The summed E-state index contributed by atoms with van der Waals surface area (Å²) in [5, 5.41) is 27.7. The van der Waals surface area contributed by atoms with Crippen LogP contribution in [0.3, 0.4) is 0 Å². The first-order valence-electron chi connectivity index (χ1n) is 9.58. The molecule has 7 heteroatoms. The van der Waals surface area contributed by atoms with Crippen molar-refractivity contribution in [3.8, 4) is 0 Å². The Morgan fingerprint density at radius 2 is 1.96 bits per heavy atom. The Morgan fingerprint density at radius 1 is 1.23 bits per heavy atom. The van der Waals surface area contributed by atoms with Crippen molar-refractivity contribution in [3.05, 3.63) is 34.6 Å². The van der Waals surface area contributed by atoms with Gasteiger partial charge in [0.05, 0.1) is 5.92 Å². The van der Waals surface area contributed by atoms with Crippen LogP contribution in [0.1, 0.15) is 54.7 Å². The molecule has 2 atom stereocenters. The lowest BCUT2D eigenvalue weighted by Crippen LogP contribution is -2.29. The molecule has 1 aliphatic heterocycles. The molecule has 1 heterocycles. The summed E-state index contributed by atoms with van der Waals surface area (Å²) in [4.78, 5) is 14.1. The van der Waals surface area contributed by atoms with Crippen LogP contribution in [-0.4, -0.2) is 46.2 Å². The van der Waals surface area contributed by atoms with Crippen LogP contribution in [0.25, 0.3) is 0 Å². The SMILES string of the molecule is O=C(O)[C@@H]1c2cc(CN3CCCCC3)c(F)cc2C[C@@H]1CCCB(O)O. The van der Waals surface area contributed by atoms with Crippen molar-refractivity contribution in [1.82, 2.24) is 4.90 Å². The van der Waals surface area contributed by atoms with E-state index in [1.807, 2.05) is 0 Å². The average molecular weight is 363 g/mol. The molecule has 0 radical (unpaired) electrons. The molecule has 1 saturated heterocycles. The number of piperidine rings is 1. The first-order valence-corrected chi connectivity index (χ1v) is 9.58. The smallest absolute Gasteiger partial charge is 0.451 e. The quantitative estimate of drug-likeness (QED) is 0.649. The average Bonchev–Trinajstić information content (AvgIpc) is 2.93. The van der Waals surface area contributed by atoms with Gasteiger partial charge in [0.15, 0.2) is 0 Å². The molecule has 1 aromatic carbocycles. The van der Waals surface area contributed by atoms with Crippen LogP contribution in [0.15, 0.2) is 12.1 Å². The second-order valence-electron chi connectivity index (χ2n) is 7.67. The van der Waals surface area contributed by atoms with Crippen molar-refractivity contribution < 1.29 is 24.3 Å². The third-order valence-electron chi connectivity index (χ3n) is 5.74. The molecular formula is C19H27BFNO4. The summed E-state index contributed by atoms with van der Waals surface area (Å²) in [6.45, 7) is 2.46. The third kappa shape index (κ3) is 4.45. The zero-order chi connectivity index (χ0) is 18.7. The Hall–Kier alpha value is -1.44. The maximum atomic E-state index is 14.6. The highest BCUT2D eigenvalue weighted by Crippen LogP contribution is 2.42. The monoisotopic (exact) mass is 363 g/mol. The summed E-state index contributed by atoms with van der Waals surface area (Å²) >= 11 is 0. The molecule has 3 rings (SSSR count). The molecule has 2 aliphatic rings. The van der Waals surface area contributed by atoms with Gasteiger partial charge in [0.1, 0.15) is 5.82 Å². The molecule has 5 nitrogen and oxygen atoms in total. The van der Waals surface area contributed by atoms with E-state index in [4.69, 9.17) is 10.0 Å². The van der Waals surface area contributed by atoms with E-state index in [1.54, 1.807) is 6.07 Å². The first-order chi connectivity index (χ1) is 12.5. The largest absolute Gasteiger partial charge is 0.481 e. The number of carboxylic acids is 1. The highest BCUT2D eigenvalue weighted by molar-refractivity contribution is 6.40. The minimum atomic E-state index is -1.37. The van der Waals surface area contributed by atoms with Gasteiger partial charge in [-0.05, 0) is 68.2 Å². The number of carbonyl (C=O) groups is 1. The first kappa shape index (κ1) is 19.3. The fourth-order valence-corrected chi connectivity index (χ4v) is 4.44. The number of fused-ring (bicyclic) bond motifs is 1. The topological polar surface area (TPSA) is 81.0 Å². The Kier molecular flexibility index (Phi) is 6.32. The predicted molar refractivity (Wildman–Crippen MR) is 97.3 cm³/mol. The fourth-order valence-electron chi connectivity index (χ4n) is 4.44. The molecule has 26 heavy (non-hydrogen) atoms. The Balaban J connectivity index is 1.77. The lowest BCUT2D eigenvalue weighted by Gasteiger charge is -2.27. The number of nitrogens with zero attached hydrogens (tertiary/aromatic N) is 1. The van der Waals surface area contributed by atoms with Gasteiger partial charge in [-0.1, -0.05) is 18.9 Å². The number of carboxylic acid groups (broad SMARTS) is 1. The lowest BCUT2D eigenvalue weighted by atomic mass is 9.80. The minimum Gasteiger partial charge on any atom is -0.481 e. The van der Waals surface area contributed by atoms with Gasteiger partial charge in [-0.3, -0.25) is 9.69 Å². The Morgan fingerprint density at radius 3 is 2.62 bits per heavy atom. The molecule has 0 unspecified atom stereocenters. The highest BCUT2D eigenvalue weighted by atomic mass is 19.1. The van der Waals surface area contributed by atoms with Crippen LogP contribution in [0.2, 0.25) is 6.32 Å². The highest BCUT2D eigenvalue weighted by Gasteiger charge is 2.38.